The lowest BCUT2D eigenvalue weighted by Gasteiger charge is -2.72. The number of hydrogen-bond acceptors (Lipinski definition) is 7. The quantitative estimate of drug-likeness (QED) is 0.245. The Bertz CT molecular complexity index is 1310. The number of fused-ring (bicyclic) bond motifs is 9. The fourth-order valence-corrected chi connectivity index (χ4v) is 12.5. The van der Waals surface area contributed by atoms with Crippen molar-refractivity contribution in [2.24, 2.45) is 56.7 Å². The van der Waals surface area contributed by atoms with Crippen molar-refractivity contribution in [1.82, 2.24) is 0 Å². The number of hydrogen-bond donors (Lipinski definition) is 1. The molecule has 0 aromatic rings. The van der Waals surface area contributed by atoms with Crippen LogP contribution < -0.4 is 0 Å². The third-order valence-corrected chi connectivity index (χ3v) is 15.2. The van der Waals surface area contributed by atoms with Crippen molar-refractivity contribution in [2.45, 2.75) is 138 Å². The smallest absolute Gasteiger partial charge is 0.312 e. The van der Waals surface area contributed by atoms with Crippen molar-refractivity contribution in [3.8, 4) is 0 Å². The van der Waals surface area contributed by atoms with Crippen LogP contribution >= 0.6 is 0 Å². The number of rotatable bonds is 5. The highest BCUT2D eigenvalue weighted by atomic mass is 16.7. The topological polar surface area (TPSA) is 108 Å². The first-order chi connectivity index (χ1) is 21.4. The van der Waals surface area contributed by atoms with Gasteiger partial charge >= 0.3 is 17.9 Å². The lowest BCUT2D eigenvalue weighted by Crippen LogP contribution is -2.71. The molecular formula is C38H58O8. The molecule has 0 unspecified atom stereocenters. The maximum atomic E-state index is 13.6. The summed E-state index contributed by atoms with van der Waals surface area (Å²) in [5.74, 6) is -0.543. The zero-order chi connectivity index (χ0) is 33.7. The maximum absolute atomic E-state index is 13.6. The van der Waals surface area contributed by atoms with E-state index >= 15 is 0 Å². The molecule has 258 valence electrons. The van der Waals surface area contributed by atoms with Crippen LogP contribution in [0.2, 0.25) is 0 Å². The van der Waals surface area contributed by atoms with E-state index < -0.39 is 29.2 Å². The molecule has 0 aromatic heterocycles. The molecular weight excluding hydrogens is 584 g/mol. The van der Waals surface area contributed by atoms with Crippen LogP contribution in [0.1, 0.15) is 120 Å². The summed E-state index contributed by atoms with van der Waals surface area (Å²) in [7, 11) is 1.56. The third kappa shape index (κ3) is 4.69. The zero-order valence-electron chi connectivity index (χ0n) is 29.7. The molecule has 1 saturated heterocycles. The summed E-state index contributed by atoms with van der Waals surface area (Å²) in [5, 5.41) is 9.22. The number of ether oxygens (including phenoxy) is 4. The molecule has 1 heterocycles. The van der Waals surface area contributed by atoms with Gasteiger partial charge in [0.2, 0.25) is 0 Å². The van der Waals surface area contributed by atoms with Crippen molar-refractivity contribution in [3.63, 3.8) is 0 Å². The number of carboxylic acid groups (broad SMARTS) is 1. The first-order valence-electron chi connectivity index (χ1n) is 17.9. The maximum Gasteiger partial charge on any atom is 0.312 e. The van der Waals surface area contributed by atoms with Crippen LogP contribution in [-0.4, -0.2) is 54.7 Å². The van der Waals surface area contributed by atoms with Crippen LogP contribution in [0.25, 0.3) is 0 Å². The van der Waals surface area contributed by atoms with Gasteiger partial charge in [-0.2, -0.15) is 0 Å². The van der Waals surface area contributed by atoms with E-state index in [1.165, 1.54) is 5.57 Å². The van der Waals surface area contributed by atoms with Crippen molar-refractivity contribution in [1.29, 1.82) is 0 Å². The molecule has 6 rings (SSSR count). The van der Waals surface area contributed by atoms with Gasteiger partial charge in [-0.05, 0) is 111 Å². The minimum absolute atomic E-state index is 0.0122. The van der Waals surface area contributed by atoms with Crippen molar-refractivity contribution in [2.75, 3.05) is 13.7 Å². The Kier molecular flexibility index (Phi) is 8.15. The second kappa shape index (κ2) is 11.0. The second-order valence-electron chi connectivity index (χ2n) is 17.7. The van der Waals surface area contributed by atoms with Gasteiger partial charge in [0.05, 0.1) is 32.0 Å². The van der Waals surface area contributed by atoms with E-state index in [1.807, 2.05) is 13.8 Å². The molecule has 0 bridgehead atoms. The number of aliphatic carboxylic acids is 1. The van der Waals surface area contributed by atoms with Crippen molar-refractivity contribution < 1.29 is 38.4 Å². The molecule has 1 N–H and O–H groups in total. The number of esters is 2. The third-order valence-electron chi connectivity index (χ3n) is 15.2. The van der Waals surface area contributed by atoms with Crippen LogP contribution in [-0.2, 0) is 33.3 Å². The monoisotopic (exact) mass is 642 g/mol. The van der Waals surface area contributed by atoms with Crippen molar-refractivity contribution >= 4 is 17.9 Å². The molecule has 5 fully saturated rings. The van der Waals surface area contributed by atoms with Crippen LogP contribution in [0, 0.1) is 56.7 Å². The van der Waals surface area contributed by atoms with Gasteiger partial charge < -0.3 is 24.1 Å². The van der Waals surface area contributed by atoms with Crippen LogP contribution in [0.4, 0.5) is 0 Å². The summed E-state index contributed by atoms with van der Waals surface area (Å²) in [6.07, 6.45) is 8.81. The fourth-order valence-electron chi connectivity index (χ4n) is 12.5. The Morgan fingerprint density at radius 2 is 1.65 bits per heavy atom. The van der Waals surface area contributed by atoms with E-state index in [0.29, 0.717) is 36.7 Å². The molecule has 8 nitrogen and oxygen atoms in total. The molecule has 5 aliphatic carbocycles. The van der Waals surface area contributed by atoms with E-state index in [2.05, 4.69) is 47.6 Å². The molecule has 0 aromatic carbocycles. The van der Waals surface area contributed by atoms with Crippen LogP contribution in [0.3, 0.4) is 0 Å². The first-order valence-corrected chi connectivity index (χ1v) is 17.9. The molecule has 0 radical (unpaired) electrons. The predicted molar refractivity (Wildman–Crippen MR) is 172 cm³/mol. The lowest BCUT2D eigenvalue weighted by atomic mass is 9.33. The highest BCUT2D eigenvalue weighted by Gasteiger charge is 2.72. The van der Waals surface area contributed by atoms with E-state index in [1.54, 1.807) is 7.11 Å². The highest BCUT2D eigenvalue weighted by Crippen LogP contribution is 2.76. The van der Waals surface area contributed by atoms with E-state index in [-0.39, 0.29) is 52.5 Å². The molecule has 12 atom stereocenters. The largest absolute Gasteiger partial charge is 0.481 e. The number of carboxylic acids is 1. The summed E-state index contributed by atoms with van der Waals surface area (Å²) >= 11 is 0. The average molecular weight is 643 g/mol. The highest BCUT2D eigenvalue weighted by molar-refractivity contribution is 5.79. The molecule has 1 aliphatic heterocycles. The van der Waals surface area contributed by atoms with Crippen LogP contribution in [0.5, 0.6) is 0 Å². The number of allylic oxidation sites excluding steroid dienone is 2. The van der Waals surface area contributed by atoms with Gasteiger partial charge in [-0.15, -0.1) is 0 Å². The van der Waals surface area contributed by atoms with Gasteiger partial charge in [0.15, 0.2) is 5.79 Å². The summed E-state index contributed by atoms with van der Waals surface area (Å²) < 4.78 is 24.8. The van der Waals surface area contributed by atoms with Crippen LogP contribution in [0.15, 0.2) is 11.6 Å². The number of methoxy groups -OCH3 is 1. The van der Waals surface area contributed by atoms with Gasteiger partial charge in [0.1, 0.15) is 12.2 Å². The second-order valence-corrected chi connectivity index (χ2v) is 17.7. The minimum Gasteiger partial charge on any atom is -0.481 e. The fraction of sp³-hybridized carbons (Fsp3) is 0.868. The predicted octanol–water partition coefficient (Wildman–Crippen LogP) is 7.34. The Hall–Kier alpha value is -1.93. The summed E-state index contributed by atoms with van der Waals surface area (Å²) in [6, 6.07) is 0. The standard InChI is InChI=1S/C38H58O8/c1-22-14-17-38(32(42)43-9)19-18-36(7)24(30(38)23(22)2)10-11-27-34(5)20-25(45-29(41)13-12-28(39)40)31-35(6,21-44-33(3,4)46-31)26(34)15-16-37(27,36)8/h10,22-23,25-27,30-31H,11-21H2,1-9H3,(H,39,40)/t22-,23+,25-,26-,27-,30+,31+,34+,35+,36-,37-,38+/m1/s1. The summed E-state index contributed by atoms with van der Waals surface area (Å²) in [6.45, 7) is 18.8. The van der Waals surface area contributed by atoms with Crippen molar-refractivity contribution in [3.05, 3.63) is 11.6 Å². The van der Waals surface area contributed by atoms with Gasteiger partial charge in [-0.1, -0.05) is 53.2 Å². The minimum atomic E-state index is -1.01. The van der Waals surface area contributed by atoms with Gasteiger partial charge in [-0.25, -0.2) is 0 Å². The van der Waals surface area contributed by atoms with E-state index in [9.17, 15) is 19.5 Å². The van der Waals surface area contributed by atoms with Gasteiger partial charge in [-0.3, -0.25) is 14.4 Å². The van der Waals surface area contributed by atoms with E-state index in [0.717, 1.165) is 44.9 Å². The SMILES string of the molecule is COC(=O)[C@]12CC[C@@H](C)[C@H](C)[C@H]1C1=CC[C@@H]3[C@@]4(C)C[C@@H](OC(=O)CCC(=O)O)[C@@H]5OC(C)(C)OC[C@@]5(C)[C@@H]4CC[C@@]3(C)[C@]1(C)CC2. The molecule has 46 heavy (non-hydrogen) atoms. The Morgan fingerprint density at radius 1 is 0.935 bits per heavy atom. The van der Waals surface area contributed by atoms with E-state index in [4.69, 9.17) is 18.9 Å². The lowest BCUT2D eigenvalue weighted by molar-refractivity contribution is -0.369. The Balaban J connectivity index is 1.41. The molecule has 8 heteroatoms. The molecule has 4 saturated carbocycles. The van der Waals surface area contributed by atoms with Gasteiger partial charge in [0.25, 0.3) is 0 Å². The molecule has 0 amide bonds. The molecule has 0 spiro atoms. The Labute approximate surface area is 275 Å². The van der Waals surface area contributed by atoms with Gasteiger partial charge in [0, 0.05) is 5.41 Å². The number of carbonyl (C=O) groups is 3. The Morgan fingerprint density at radius 3 is 2.33 bits per heavy atom. The number of carbonyl (C=O) groups excluding carboxylic acids is 2. The summed E-state index contributed by atoms with van der Waals surface area (Å²) in [5.41, 5.74) is 0.434. The average Bonchev–Trinajstić information content (AvgIpc) is 2.98. The normalized spacial score (nSPS) is 49.1. The first kappa shape index (κ1) is 34.0. The zero-order valence-corrected chi connectivity index (χ0v) is 29.7. The molecule has 6 aliphatic rings. The summed E-state index contributed by atoms with van der Waals surface area (Å²) in [4.78, 5) is 38.0.